The van der Waals surface area contributed by atoms with Crippen molar-refractivity contribution in [2.24, 2.45) is 0 Å². The minimum Gasteiger partial charge on any atom is -0.497 e. The second-order valence-corrected chi connectivity index (χ2v) is 5.48. The van der Waals surface area contributed by atoms with Crippen molar-refractivity contribution < 1.29 is 23.4 Å². The predicted octanol–water partition coefficient (Wildman–Crippen LogP) is 2.74. The van der Waals surface area contributed by atoms with Gasteiger partial charge in [-0.05, 0) is 32.1 Å². The van der Waals surface area contributed by atoms with E-state index in [2.05, 4.69) is 0 Å². The Labute approximate surface area is 128 Å². The second kappa shape index (κ2) is 7.54. The quantitative estimate of drug-likeness (QED) is 0.909. The zero-order chi connectivity index (χ0) is 16.1. The van der Waals surface area contributed by atoms with Crippen molar-refractivity contribution in [3.05, 3.63) is 29.3 Å². The molecule has 1 amide bonds. The van der Waals surface area contributed by atoms with Gasteiger partial charge >= 0.3 is 0 Å². The first-order valence-corrected chi connectivity index (χ1v) is 7.53. The SMILES string of the molecule is COc1cc(F)c(C(=O)N2CCCC[C@@H]2CCCO)c(F)c1. The van der Waals surface area contributed by atoms with Crippen molar-refractivity contribution in [1.82, 2.24) is 4.90 Å². The van der Waals surface area contributed by atoms with Gasteiger partial charge in [0.15, 0.2) is 0 Å². The number of hydrogen-bond acceptors (Lipinski definition) is 3. The largest absolute Gasteiger partial charge is 0.497 e. The Morgan fingerprint density at radius 2 is 2.05 bits per heavy atom. The number of aliphatic hydroxyl groups excluding tert-OH is 1. The van der Waals surface area contributed by atoms with Crippen molar-refractivity contribution in [3.63, 3.8) is 0 Å². The molecule has 0 aliphatic carbocycles. The maximum atomic E-state index is 14.1. The number of aliphatic hydroxyl groups is 1. The van der Waals surface area contributed by atoms with E-state index in [1.54, 1.807) is 0 Å². The fraction of sp³-hybridized carbons (Fsp3) is 0.562. The summed E-state index contributed by atoms with van der Waals surface area (Å²) in [4.78, 5) is 14.1. The summed E-state index contributed by atoms with van der Waals surface area (Å²) in [6.07, 6.45) is 3.81. The molecule has 1 N–H and O–H groups in total. The highest BCUT2D eigenvalue weighted by Gasteiger charge is 2.30. The van der Waals surface area contributed by atoms with Crippen LogP contribution in [0.15, 0.2) is 12.1 Å². The molecule has 0 saturated carbocycles. The van der Waals surface area contributed by atoms with E-state index in [9.17, 15) is 13.6 Å². The minimum absolute atomic E-state index is 0.0435. The lowest BCUT2D eigenvalue weighted by Crippen LogP contribution is -2.44. The van der Waals surface area contributed by atoms with Crippen molar-refractivity contribution in [3.8, 4) is 5.75 Å². The molecule has 0 unspecified atom stereocenters. The van der Waals surface area contributed by atoms with Crippen molar-refractivity contribution >= 4 is 5.91 Å². The Bertz CT molecular complexity index is 513. The third-order valence-corrected chi connectivity index (χ3v) is 4.05. The van der Waals surface area contributed by atoms with Gasteiger partial charge in [0.05, 0.1) is 7.11 Å². The molecule has 1 atom stereocenters. The number of benzene rings is 1. The summed E-state index contributed by atoms with van der Waals surface area (Å²) in [6.45, 7) is 0.531. The molecular weight excluding hydrogens is 292 g/mol. The standard InChI is InChI=1S/C16H21F2NO3/c1-22-12-9-13(17)15(14(18)10-12)16(21)19-7-3-2-5-11(19)6-4-8-20/h9-11,20H,2-8H2,1H3/t11-/m1/s1. The summed E-state index contributed by atoms with van der Waals surface area (Å²) in [5.74, 6) is -2.40. The average molecular weight is 313 g/mol. The zero-order valence-electron chi connectivity index (χ0n) is 12.6. The number of piperidine rings is 1. The Morgan fingerprint density at radius 1 is 1.36 bits per heavy atom. The van der Waals surface area contributed by atoms with Crippen LogP contribution in [0.1, 0.15) is 42.5 Å². The highest BCUT2D eigenvalue weighted by molar-refractivity contribution is 5.95. The van der Waals surface area contributed by atoms with Crippen LogP contribution in [0.3, 0.4) is 0 Å². The van der Waals surface area contributed by atoms with Gasteiger partial charge in [-0.3, -0.25) is 4.79 Å². The van der Waals surface area contributed by atoms with Crippen LogP contribution in [0.5, 0.6) is 5.75 Å². The molecule has 1 aromatic carbocycles. The molecule has 1 fully saturated rings. The molecule has 6 heteroatoms. The first-order chi connectivity index (χ1) is 10.6. The first-order valence-electron chi connectivity index (χ1n) is 7.53. The Hall–Kier alpha value is -1.69. The maximum absolute atomic E-state index is 14.1. The number of rotatable bonds is 5. The molecule has 1 aromatic rings. The van der Waals surface area contributed by atoms with Crippen LogP contribution < -0.4 is 4.74 Å². The molecule has 1 heterocycles. The van der Waals surface area contributed by atoms with E-state index >= 15 is 0 Å². The van der Waals surface area contributed by atoms with Gasteiger partial charge in [0, 0.05) is 31.3 Å². The number of methoxy groups -OCH3 is 1. The monoisotopic (exact) mass is 313 g/mol. The van der Waals surface area contributed by atoms with Crippen LogP contribution in [0.25, 0.3) is 0 Å². The Morgan fingerprint density at radius 3 is 2.64 bits per heavy atom. The highest BCUT2D eigenvalue weighted by atomic mass is 19.1. The molecule has 122 valence electrons. The third-order valence-electron chi connectivity index (χ3n) is 4.05. The third kappa shape index (κ3) is 3.55. The van der Waals surface area contributed by atoms with Gasteiger partial charge in [0.2, 0.25) is 0 Å². The average Bonchev–Trinajstić information content (AvgIpc) is 2.52. The van der Waals surface area contributed by atoms with Gasteiger partial charge in [0.1, 0.15) is 22.9 Å². The van der Waals surface area contributed by atoms with Gasteiger partial charge in [-0.1, -0.05) is 0 Å². The molecule has 1 saturated heterocycles. The van der Waals surface area contributed by atoms with E-state index in [1.807, 2.05) is 0 Å². The molecule has 1 aliphatic heterocycles. The topological polar surface area (TPSA) is 49.8 Å². The Kier molecular flexibility index (Phi) is 5.71. The van der Waals surface area contributed by atoms with Gasteiger partial charge in [-0.25, -0.2) is 8.78 Å². The van der Waals surface area contributed by atoms with E-state index in [0.717, 1.165) is 31.4 Å². The number of ether oxygens (including phenoxy) is 1. The second-order valence-electron chi connectivity index (χ2n) is 5.48. The van der Waals surface area contributed by atoms with E-state index in [4.69, 9.17) is 9.84 Å². The lowest BCUT2D eigenvalue weighted by atomic mass is 9.97. The summed E-state index contributed by atoms with van der Waals surface area (Å²) < 4.78 is 32.9. The summed E-state index contributed by atoms with van der Waals surface area (Å²) >= 11 is 0. The number of hydrogen-bond donors (Lipinski definition) is 1. The number of nitrogens with zero attached hydrogens (tertiary/aromatic N) is 1. The fourth-order valence-corrected chi connectivity index (χ4v) is 2.91. The van der Waals surface area contributed by atoms with E-state index in [1.165, 1.54) is 12.0 Å². The van der Waals surface area contributed by atoms with E-state index in [-0.39, 0.29) is 18.4 Å². The first kappa shape index (κ1) is 16.7. The number of amides is 1. The summed E-state index contributed by atoms with van der Waals surface area (Å²) in [5.41, 5.74) is -0.531. The normalized spacial score (nSPS) is 18.4. The number of carbonyl (C=O) groups is 1. The molecule has 0 bridgehead atoms. The van der Waals surface area contributed by atoms with Gasteiger partial charge in [-0.15, -0.1) is 0 Å². The summed E-state index contributed by atoms with van der Waals surface area (Å²) in [5, 5.41) is 8.95. The minimum atomic E-state index is -0.909. The van der Waals surface area contributed by atoms with Crippen LogP contribution >= 0.6 is 0 Å². The fourth-order valence-electron chi connectivity index (χ4n) is 2.91. The van der Waals surface area contributed by atoms with Gasteiger partial charge in [-0.2, -0.15) is 0 Å². The van der Waals surface area contributed by atoms with Gasteiger partial charge in [0.25, 0.3) is 5.91 Å². The van der Waals surface area contributed by atoms with Crippen LogP contribution in [-0.2, 0) is 0 Å². The molecule has 0 aromatic heterocycles. The molecule has 0 spiro atoms. The van der Waals surface area contributed by atoms with E-state index < -0.39 is 23.1 Å². The Balaban J connectivity index is 2.25. The smallest absolute Gasteiger partial charge is 0.260 e. The summed E-state index contributed by atoms with van der Waals surface area (Å²) in [6, 6.07) is 1.96. The molecule has 4 nitrogen and oxygen atoms in total. The van der Waals surface area contributed by atoms with Crippen LogP contribution in [-0.4, -0.2) is 42.2 Å². The zero-order valence-corrected chi connectivity index (χ0v) is 12.6. The molecule has 0 radical (unpaired) electrons. The summed E-state index contributed by atoms with van der Waals surface area (Å²) in [7, 11) is 1.31. The van der Waals surface area contributed by atoms with Crippen molar-refractivity contribution in [2.75, 3.05) is 20.3 Å². The number of likely N-dealkylation sites (tertiary alicyclic amines) is 1. The van der Waals surface area contributed by atoms with Crippen LogP contribution in [0.2, 0.25) is 0 Å². The highest BCUT2D eigenvalue weighted by Crippen LogP contribution is 2.27. The maximum Gasteiger partial charge on any atom is 0.260 e. The van der Waals surface area contributed by atoms with Crippen LogP contribution in [0, 0.1) is 11.6 Å². The molecule has 22 heavy (non-hydrogen) atoms. The number of carbonyl (C=O) groups excluding carboxylic acids is 1. The lowest BCUT2D eigenvalue weighted by molar-refractivity contribution is 0.0580. The van der Waals surface area contributed by atoms with E-state index in [0.29, 0.717) is 19.4 Å². The predicted molar refractivity (Wildman–Crippen MR) is 77.9 cm³/mol. The number of halogens is 2. The van der Waals surface area contributed by atoms with Crippen molar-refractivity contribution in [1.29, 1.82) is 0 Å². The van der Waals surface area contributed by atoms with Gasteiger partial charge < -0.3 is 14.7 Å². The molecule has 1 aliphatic rings. The lowest BCUT2D eigenvalue weighted by Gasteiger charge is -2.36. The van der Waals surface area contributed by atoms with Crippen molar-refractivity contribution in [2.45, 2.75) is 38.1 Å². The molecule has 2 rings (SSSR count). The van der Waals surface area contributed by atoms with Crippen LogP contribution in [0.4, 0.5) is 8.78 Å². The molecular formula is C16H21F2NO3.